The van der Waals surface area contributed by atoms with Crippen LogP contribution in [0.2, 0.25) is 0 Å². The van der Waals surface area contributed by atoms with E-state index < -0.39 is 5.97 Å². The maximum absolute atomic E-state index is 5.35. The molecule has 84 valence electrons. The molecule has 1 heterocycles. The van der Waals surface area contributed by atoms with E-state index in [-0.39, 0.29) is 6.10 Å². The lowest BCUT2D eigenvalue weighted by Gasteiger charge is -2.28. The molecule has 1 aliphatic heterocycles. The summed E-state index contributed by atoms with van der Waals surface area (Å²) in [5.41, 5.74) is 0. The molecular weight excluding hydrogens is 188 g/mol. The molecule has 0 aromatic carbocycles. The minimum absolute atomic E-state index is 0.289. The Morgan fingerprint density at radius 3 is 2.21 bits per heavy atom. The van der Waals surface area contributed by atoms with Gasteiger partial charge < -0.3 is 23.7 Å². The van der Waals surface area contributed by atoms with Crippen molar-refractivity contribution >= 4 is 0 Å². The van der Waals surface area contributed by atoms with Crippen molar-refractivity contribution in [3.8, 4) is 0 Å². The van der Waals surface area contributed by atoms with E-state index in [9.17, 15) is 0 Å². The Morgan fingerprint density at radius 1 is 1.21 bits per heavy atom. The fourth-order valence-electron chi connectivity index (χ4n) is 1.13. The van der Waals surface area contributed by atoms with Gasteiger partial charge in [-0.15, -0.1) is 0 Å². The van der Waals surface area contributed by atoms with Crippen LogP contribution in [0, 0.1) is 0 Å². The second-order valence-corrected chi connectivity index (χ2v) is 3.08. The molecule has 1 fully saturated rings. The first-order chi connectivity index (χ1) is 6.76. The Morgan fingerprint density at radius 2 is 1.79 bits per heavy atom. The zero-order valence-corrected chi connectivity index (χ0v) is 8.95. The highest BCUT2D eigenvalue weighted by Gasteiger charge is 2.29. The lowest BCUT2D eigenvalue weighted by atomic mass is 10.4. The second-order valence-electron chi connectivity index (χ2n) is 3.08. The minimum Gasteiger partial charge on any atom is -0.378 e. The second kappa shape index (κ2) is 5.63. The fourth-order valence-corrected chi connectivity index (χ4v) is 1.13. The van der Waals surface area contributed by atoms with Crippen LogP contribution in [0.15, 0.2) is 0 Å². The molecule has 0 N–H and O–H groups in total. The molecule has 5 nitrogen and oxygen atoms in total. The van der Waals surface area contributed by atoms with Crippen LogP contribution in [0.4, 0.5) is 0 Å². The first-order valence-electron chi connectivity index (χ1n) is 4.61. The van der Waals surface area contributed by atoms with Gasteiger partial charge in [-0.1, -0.05) is 0 Å². The lowest BCUT2D eigenvalue weighted by Crippen LogP contribution is -2.37. The SMILES string of the molecule is COC(CCOCC1CO1)(OC)OC. The van der Waals surface area contributed by atoms with E-state index in [2.05, 4.69) is 0 Å². The van der Waals surface area contributed by atoms with Gasteiger partial charge in [-0.2, -0.15) is 0 Å². The van der Waals surface area contributed by atoms with E-state index in [1.807, 2.05) is 0 Å². The molecule has 0 saturated carbocycles. The maximum atomic E-state index is 5.35. The van der Waals surface area contributed by atoms with Gasteiger partial charge in [0.2, 0.25) is 0 Å². The number of methoxy groups -OCH3 is 3. The summed E-state index contributed by atoms with van der Waals surface area (Å²) in [7, 11) is 4.62. The quantitative estimate of drug-likeness (QED) is 0.326. The molecule has 5 heteroatoms. The van der Waals surface area contributed by atoms with Crippen LogP contribution in [-0.4, -0.2) is 53.2 Å². The average Bonchev–Trinajstić information content (AvgIpc) is 3.03. The summed E-state index contributed by atoms with van der Waals surface area (Å²) < 4.78 is 25.7. The summed E-state index contributed by atoms with van der Waals surface area (Å²) >= 11 is 0. The fraction of sp³-hybridized carbons (Fsp3) is 1.00. The number of ether oxygens (including phenoxy) is 5. The summed E-state index contributed by atoms with van der Waals surface area (Å²) in [6.45, 7) is 1.96. The van der Waals surface area contributed by atoms with E-state index in [1.54, 1.807) is 0 Å². The van der Waals surface area contributed by atoms with Gasteiger partial charge in [0.25, 0.3) is 5.97 Å². The van der Waals surface area contributed by atoms with Crippen molar-refractivity contribution in [2.45, 2.75) is 18.5 Å². The molecule has 1 rings (SSSR count). The summed E-state index contributed by atoms with van der Waals surface area (Å²) in [6, 6.07) is 0. The molecule has 0 aromatic rings. The van der Waals surface area contributed by atoms with Crippen molar-refractivity contribution in [2.75, 3.05) is 41.2 Å². The van der Waals surface area contributed by atoms with Crippen LogP contribution in [0.3, 0.4) is 0 Å². The normalized spacial score (nSPS) is 21.2. The van der Waals surface area contributed by atoms with Crippen LogP contribution >= 0.6 is 0 Å². The molecule has 1 atom stereocenters. The minimum atomic E-state index is -0.982. The van der Waals surface area contributed by atoms with Crippen LogP contribution in [-0.2, 0) is 23.7 Å². The van der Waals surface area contributed by atoms with Crippen LogP contribution in [0.25, 0.3) is 0 Å². The third-order valence-electron chi connectivity index (χ3n) is 2.19. The van der Waals surface area contributed by atoms with Crippen LogP contribution < -0.4 is 0 Å². The lowest BCUT2D eigenvalue weighted by molar-refractivity contribution is -0.357. The molecule has 1 saturated heterocycles. The summed E-state index contributed by atoms with van der Waals surface area (Å²) in [5, 5.41) is 0. The molecule has 0 amide bonds. The number of hydrogen-bond acceptors (Lipinski definition) is 5. The smallest absolute Gasteiger partial charge is 0.284 e. The highest BCUT2D eigenvalue weighted by atomic mass is 16.9. The van der Waals surface area contributed by atoms with E-state index in [4.69, 9.17) is 23.7 Å². The van der Waals surface area contributed by atoms with Gasteiger partial charge in [0.05, 0.1) is 26.2 Å². The predicted octanol–water partition coefficient (Wildman–Crippen LogP) is 0.385. The molecular formula is C9H18O5. The van der Waals surface area contributed by atoms with Crippen molar-refractivity contribution in [1.82, 2.24) is 0 Å². The number of hydrogen-bond donors (Lipinski definition) is 0. The highest BCUT2D eigenvalue weighted by Crippen LogP contribution is 2.17. The van der Waals surface area contributed by atoms with Crippen molar-refractivity contribution in [3.63, 3.8) is 0 Å². The standard InChI is InChI=1S/C9H18O5/c1-10-9(11-2,12-3)4-5-13-6-8-7-14-8/h8H,4-7H2,1-3H3. The van der Waals surface area contributed by atoms with Gasteiger partial charge in [0.15, 0.2) is 0 Å². The number of rotatable bonds is 8. The van der Waals surface area contributed by atoms with E-state index in [1.165, 1.54) is 21.3 Å². The molecule has 0 aliphatic carbocycles. The largest absolute Gasteiger partial charge is 0.378 e. The third kappa shape index (κ3) is 3.51. The Hall–Kier alpha value is -0.200. The van der Waals surface area contributed by atoms with Gasteiger partial charge in [-0.05, 0) is 0 Å². The summed E-state index contributed by atoms with van der Waals surface area (Å²) in [5.74, 6) is -0.982. The topological polar surface area (TPSA) is 49.5 Å². The molecule has 14 heavy (non-hydrogen) atoms. The predicted molar refractivity (Wildman–Crippen MR) is 48.9 cm³/mol. The van der Waals surface area contributed by atoms with E-state index >= 15 is 0 Å². The van der Waals surface area contributed by atoms with Crippen molar-refractivity contribution in [2.24, 2.45) is 0 Å². The van der Waals surface area contributed by atoms with Gasteiger partial charge in [-0.25, -0.2) is 0 Å². The Kier molecular flexibility index (Phi) is 4.77. The summed E-state index contributed by atoms with van der Waals surface area (Å²) in [6.07, 6.45) is 0.820. The molecule has 1 aliphatic rings. The Labute approximate surface area is 84.2 Å². The number of epoxide rings is 1. The molecule has 1 unspecified atom stereocenters. The van der Waals surface area contributed by atoms with Crippen molar-refractivity contribution < 1.29 is 23.7 Å². The van der Waals surface area contributed by atoms with Gasteiger partial charge in [0, 0.05) is 21.3 Å². The van der Waals surface area contributed by atoms with E-state index in [0.717, 1.165) is 6.61 Å². The Balaban J connectivity index is 2.11. The average molecular weight is 206 g/mol. The molecule has 0 bridgehead atoms. The van der Waals surface area contributed by atoms with Crippen LogP contribution in [0.5, 0.6) is 0 Å². The van der Waals surface area contributed by atoms with Crippen molar-refractivity contribution in [1.29, 1.82) is 0 Å². The zero-order chi connectivity index (χ0) is 10.4. The zero-order valence-electron chi connectivity index (χ0n) is 8.95. The highest BCUT2D eigenvalue weighted by molar-refractivity contribution is 4.67. The first kappa shape index (κ1) is 11.9. The monoisotopic (exact) mass is 206 g/mol. The van der Waals surface area contributed by atoms with E-state index in [0.29, 0.717) is 19.6 Å². The van der Waals surface area contributed by atoms with Gasteiger partial charge >= 0.3 is 0 Å². The van der Waals surface area contributed by atoms with Gasteiger partial charge in [0.1, 0.15) is 6.10 Å². The van der Waals surface area contributed by atoms with Crippen molar-refractivity contribution in [3.05, 3.63) is 0 Å². The molecule has 0 radical (unpaired) electrons. The first-order valence-corrected chi connectivity index (χ1v) is 4.61. The van der Waals surface area contributed by atoms with Gasteiger partial charge in [-0.3, -0.25) is 0 Å². The molecule has 0 spiro atoms. The summed E-state index contributed by atoms with van der Waals surface area (Å²) in [4.78, 5) is 0. The van der Waals surface area contributed by atoms with Crippen LogP contribution in [0.1, 0.15) is 6.42 Å². The maximum Gasteiger partial charge on any atom is 0.284 e. The molecule has 0 aromatic heterocycles. The Bertz CT molecular complexity index is 145. The third-order valence-corrected chi connectivity index (χ3v) is 2.19.